The number of sulfonamides is 1. The first kappa shape index (κ1) is 26.0. The summed E-state index contributed by atoms with van der Waals surface area (Å²) in [6.07, 6.45) is 2.82. The summed E-state index contributed by atoms with van der Waals surface area (Å²) < 4.78 is 36.7. The fraction of sp³-hybridized carbons (Fsp3) is 0.357. The number of H-pyrrole nitrogens is 1. The molecule has 0 unspecified atom stereocenters. The zero-order valence-electron chi connectivity index (χ0n) is 22.0. The maximum Gasteiger partial charge on any atom is 0.260 e. The van der Waals surface area contributed by atoms with Gasteiger partial charge in [-0.05, 0) is 56.2 Å². The van der Waals surface area contributed by atoms with E-state index in [-0.39, 0.29) is 16.3 Å². The quantitative estimate of drug-likeness (QED) is 0.366. The van der Waals surface area contributed by atoms with E-state index >= 15 is 0 Å². The van der Waals surface area contributed by atoms with Crippen molar-refractivity contribution in [1.29, 1.82) is 0 Å². The van der Waals surface area contributed by atoms with Crippen molar-refractivity contribution in [1.82, 2.24) is 18.8 Å². The van der Waals surface area contributed by atoms with E-state index in [1.165, 1.54) is 4.31 Å². The lowest BCUT2D eigenvalue weighted by Crippen LogP contribution is -2.48. The lowest BCUT2D eigenvalue weighted by molar-refractivity contribution is 0.341. The molecule has 9 nitrogen and oxygen atoms in total. The van der Waals surface area contributed by atoms with E-state index in [4.69, 9.17) is 9.72 Å². The number of para-hydroxylation sites is 1. The molecule has 1 saturated heterocycles. The number of hydrogen-bond donors (Lipinski definition) is 1. The van der Waals surface area contributed by atoms with Gasteiger partial charge in [-0.1, -0.05) is 25.1 Å². The van der Waals surface area contributed by atoms with Crippen LogP contribution >= 0.6 is 0 Å². The summed E-state index contributed by atoms with van der Waals surface area (Å²) in [6, 6.07) is 14.8. The van der Waals surface area contributed by atoms with Crippen LogP contribution in [0.25, 0.3) is 22.4 Å². The third-order valence-corrected chi connectivity index (χ3v) is 8.78. The molecule has 1 N–H and O–H groups in total. The number of piperazine rings is 1. The van der Waals surface area contributed by atoms with E-state index in [0.717, 1.165) is 24.2 Å². The molecule has 5 rings (SSSR count). The van der Waals surface area contributed by atoms with E-state index in [9.17, 15) is 13.2 Å². The van der Waals surface area contributed by atoms with Crippen LogP contribution in [-0.4, -0.2) is 60.0 Å². The standard InChI is InChI=1S/C28H33N5O4S/c1-4-13-32-19-20(3)25-27(32)29-26(30-28(25)34)23-18-22(11-12-24(23)37-5-2)38(35,36)33-16-14-31(15-17-33)21-9-7-6-8-10-21/h6-12,18-19H,4-5,13-17H2,1-3H3,(H,29,30,34). The Bertz CT molecular complexity index is 1600. The summed E-state index contributed by atoms with van der Waals surface area (Å²) in [5, 5.41) is 0.542. The fourth-order valence-electron chi connectivity index (χ4n) is 5.03. The second-order valence-corrected chi connectivity index (χ2v) is 11.4. The molecule has 2 aromatic heterocycles. The Morgan fingerprint density at radius 2 is 1.76 bits per heavy atom. The van der Waals surface area contributed by atoms with Gasteiger partial charge in [-0.15, -0.1) is 0 Å². The molecule has 0 bridgehead atoms. The first-order chi connectivity index (χ1) is 18.3. The highest BCUT2D eigenvalue weighted by atomic mass is 32.2. The second kappa shape index (κ2) is 10.6. The van der Waals surface area contributed by atoms with Crippen molar-refractivity contribution in [3.8, 4) is 17.1 Å². The lowest BCUT2D eigenvalue weighted by atomic mass is 10.1. The van der Waals surface area contributed by atoms with Crippen LogP contribution < -0.4 is 15.2 Å². The molecule has 10 heteroatoms. The third kappa shape index (κ3) is 4.81. The van der Waals surface area contributed by atoms with Gasteiger partial charge in [-0.3, -0.25) is 4.79 Å². The van der Waals surface area contributed by atoms with E-state index in [2.05, 4.69) is 16.8 Å². The summed E-state index contributed by atoms with van der Waals surface area (Å²) in [7, 11) is -3.77. The van der Waals surface area contributed by atoms with Crippen LogP contribution in [-0.2, 0) is 16.6 Å². The molecule has 200 valence electrons. The summed E-state index contributed by atoms with van der Waals surface area (Å²) in [5.74, 6) is 0.750. The van der Waals surface area contributed by atoms with Crippen molar-refractivity contribution >= 4 is 26.7 Å². The molecule has 0 atom stereocenters. The van der Waals surface area contributed by atoms with Crippen LogP contribution in [0.4, 0.5) is 5.69 Å². The minimum absolute atomic E-state index is 0.145. The average Bonchev–Trinajstić information content (AvgIpc) is 3.25. The minimum atomic E-state index is -3.77. The van der Waals surface area contributed by atoms with E-state index in [1.807, 2.05) is 54.9 Å². The van der Waals surface area contributed by atoms with E-state index < -0.39 is 10.0 Å². The van der Waals surface area contributed by atoms with Crippen LogP contribution in [0.1, 0.15) is 25.8 Å². The average molecular weight is 536 g/mol. The molecular weight excluding hydrogens is 502 g/mol. The summed E-state index contributed by atoms with van der Waals surface area (Å²) in [6.45, 7) is 8.89. The fourth-order valence-corrected chi connectivity index (χ4v) is 6.48. The van der Waals surface area contributed by atoms with Crippen molar-refractivity contribution in [2.24, 2.45) is 0 Å². The van der Waals surface area contributed by atoms with Gasteiger partial charge in [0, 0.05) is 44.6 Å². The van der Waals surface area contributed by atoms with Gasteiger partial charge in [-0.2, -0.15) is 4.31 Å². The van der Waals surface area contributed by atoms with Gasteiger partial charge in [0.1, 0.15) is 17.2 Å². The van der Waals surface area contributed by atoms with Crippen molar-refractivity contribution in [2.45, 2.75) is 38.6 Å². The number of aromatic nitrogens is 3. The van der Waals surface area contributed by atoms with Crippen molar-refractivity contribution in [2.75, 3.05) is 37.7 Å². The number of aromatic amines is 1. The number of nitrogens with zero attached hydrogens (tertiary/aromatic N) is 4. The maximum absolute atomic E-state index is 13.7. The minimum Gasteiger partial charge on any atom is -0.493 e. The lowest BCUT2D eigenvalue weighted by Gasteiger charge is -2.35. The molecule has 38 heavy (non-hydrogen) atoms. The third-order valence-electron chi connectivity index (χ3n) is 6.88. The number of ether oxygens (including phenoxy) is 1. The van der Waals surface area contributed by atoms with Gasteiger partial charge in [-0.25, -0.2) is 13.4 Å². The predicted molar refractivity (Wildman–Crippen MR) is 149 cm³/mol. The Labute approximate surface area is 222 Å². The molecule has 1 aliphatic heterocycles. The van der Waals surface area contributed by atoms with Gasteiger partial charge in [0.15, 0.2) is 0 Å². The Hall–Kier alpha value is -3.63. The van der Waals surface area contributed by atoms with Crippen LogP contribution in [0.5, 0.6) is 5.75 Å². The number of anilines is 1. The van der Waals surface area contributed by atoms with Crippen molar-refractivity contribution < 1.29 is 13.2 Å². The molecule has 0 radical (unpaired) electrons. The van der Waals surface area contributed by atoms with E-state index in [0.29, 0.717) is 55.1 Å². The summed E-state index contributed by atoms with van der Waals surface area (Å²) in [4.78, 5) is 23.1. The largest absolute Gasteiger partial charge is 0.493 e. The first-order valence-corrected chi connectivity index (χ1v) is 14.4. The number of hydrogen-bond acceptors (Lipinski definition) is 6. The molecule has 4 aromatic rings. The topological polar surface area (TPSA) is 101 Å². The van der Waals surface area contributed by atoms with E-state index in [1.54, 1.807) is 18.2 Å². The number of benzene rings is 2. The molecule has 1 aliphatic rings. The predicted octanol–water partition coefficient (Wildman–Crippen LogP) is 4.02. The highest BCUT2D eigenvalue weighted by molar-refractivity contribution is 7.89. The summed E-state index contributed by atoms with van der Waals surface area (Å²) in [5.41, 5.74) is 2.70. The Balaban J connectivity index is 1.51. The number of rotatable bonds is 8. The highest BCUT2D eigenvalue weighted by Gasteiger charge is 2.30. The zero-order valence-corrected chi connectivity index (χ0v) is 22.8. The smallest absolute Gasteiger partial charge is 0.260 e. The monoisotopic (exact) mass is 535 g/mol. The molecule has 0 saturated carbocycles. The molecule has 0 aliphatic carbocycles. The maximum atomic E-state index is 13.7. The Morgan fingerprint density at radius 1 is 1.03 bits per heavy atom. The molecule has 0 spiro atoms. The normalized spacial score (nSPS) is 14.8. The Morgan fingerprint density at radius 3 is 2.45 bits per heavy atom. The molecular formula is C28H33N5O4S. The SMILES string of the molecule is CCCn1cc(C)c2c(=O)[nH]c(-c3cc(S(=O)(=O)N4CCN(c5ccccc5)CC4)ccc3OCC)nc21. The van der Waals surface area contributed by atoms with Crippen molar-refractivity contribution in [3.05, 3.63) is 70.6 Å². The first-order valence-electron chi connectivity index (χ1n) is 13.0. The van der Waals surface area contributed by atoms with Crippen LogP contribution in [0.2, 0.25) is 0 Å². The van der Waals surface area contributed by atoms with Crippen molar-refractivity contribution in [3.63, 3.8) is 0 Å². The number of aryl methyl sites for hydroxylation is 2. The number of nitrogens with one attached hydrogen (secondary N) is 1. The molecule has 0 amide bonds. The van der Waals surface area contributed by atoms with Gasteiger partial charge >= 0.3 is 0 Å². The zero-order chi connectivity index (χ0) is 26.9. The second-order valence-electron chi connectivity index (χ2n) is 9.44. The summed E-state index contributed by atoms with van der Waals surface area (Å²) >= 11 is 0. The van der Waals surface area contributed by atoms with Gasteiger partial charge in [0.2, 0.25) is 10.0 Å². The number of fused-ring (bicyclic) bond motifs is 1. The van der Waals surface area contributed by atoms with Crippen LogP contribution in [0.3, 0.4) is 0 Å². The van der Waals surface area contributed by atoms with Gasteiger partial charge in [0.05, 0.1) is 22.5 Å². The van der Waals surface area contributed by atoms with Gasteiger partial charge < -0.3 is 19.2 Å². The van der Waals surface area contributed by atoms with Crippen LogP contribution in [0.15, 0.2) is 64.4 Å². The highest BCUT2D eigenvalue weighted by Crippen LogP contribution is 2.32. The van der Waals surface area contributed by atoms with Crippen LogP contribution in [0, 0.1) is 6.92 Å². The molecule has 2 aromatic carbocycles. The molecule has 1 fully saturated rings. The Kier molecular flexibility index (Phi) is 7.27. The molecule has 3 heterocycles. The van der Waals surface area contributed by atoms with Gasteiger partial charge in [0.25, 0.3) is 5.56 Å².